The number of benzene rings is 5. The van der Waals surface area contributed by atoms with Crippen LogP contribution in [0.1, 0.15) is 5.56 Å². The van der Waals surface area contributed by atoms with Gasteiger partial charge in [0.25, 0.3) is 0 Å². The van der Waals surface area contributed by atoms with E-state index in [0.29, 0.717) is 11.4 Å². The highest BCUT2D eigenvalue weighted by molar-refractivity contribution is 6.51. The first-order chi connectivity index (χ1) is 23.2. The van der Waals surface area contributed by atoms with Crippen molar-refractivity contribution >= 4 is 44.2 Å². The van der Waals surface area contributed by atoms with Gasteiger partial charge in [0.2, 0.25) is 0 Å². The molecule has 0 bridgehead atoms. The Morgan fingerprint density at radius 1 is 0.489 bits per heavy atom. The molecule has 0 amide bonds. The van der Waals surface area contributed by atoms with Gasteiger partial charge in [-0.05, 0) is 96.9 Å². The average molecular weight is 604 g/mol. The van der Waals surface area contributed by atoms with Crippen LogP contribution < -0.4 is 5.43 Å². The van der Waals surface area contributed by atoms with Crippen molar-refractivity contribution < 1.29 is 0 Å². The summed E-state index contributed by atoms with van der Waals surface area (Å²) in [7, 11) is 0. The summed E-state index contributed by atoms with van der Waals surface area (Å²) in [4.78, 5) is 8.62. The van der Waals surface area contributed by atoms with Gasteiger partial charge in [-0.25, -0.2) is 0 Å². The van der Waals surface area contributed by atoms with Crippen molar-refractivity contribution in [2.45, 2.75) is 0 Å². The third-order valence-electron chi connectivity index (χ3n) is 8.57. The lowest BCUT2D eigenvalue weighted by molar-refractivity contribution is 1.33. The molecule has 5 heteroatoms. The van der Waals surface area contributed by atoms with Gasteiger partial charge in [-0.2, -0.15) is 5.10 Å². The molecule has 5 aromatic carbocycles. The zero-order valence-corrected chi connectivity index (χ0v) is 25.4. The van der Waals surface area contributed by atoms with E-state index in [0.717, 1.165) is 39.1 Å². The number of fused-ring (bicyclic) bond motifs is 2. The van der Waals surface area contributed by atoms with Crippen molar-refractivity contribution in [2.24, 2.45) is 5.10 Å². The number of allylic oxidation sites excluding steroid dienone is 4. The number of hydrazone groups is 1. The summed E-state index contributed by atoms with van der Waals surface area (Å²) in [6, 6.07) is 42.0. The number of nitrogens with zero attached hydrogens (tertiary/aromatic N) is 3. The quantitative estimate of drug-likeness (QED) is 0.113. The van der Waals surface area contributed by atoms with Gasteiger partial charge in [0.1, 0.15) is 5.71 Å². The fourth-order valence-corrected chi connectivity index (χ4v) is 6.30. The van der Waals surface area contributed by atoms with Crippen molar-refractivity contribution in [3.05, 3.63) is 170 Å². The van der Waals surface area contributed by atoms with Gasteiger partial charge in [0.05, 0.1) is 11.4 Å². The average Bonchev–Trinajstić information content (AvgIpc) is 3.14. The van der Waals surface area contributed by atoms with Crippen LogP contribution in [0.5, 0.6) is 0 Å². The molecule has 2 aromatic heterocycles. The molecule has 0 saturated heterocycles. The van der Waals surface area contributed by atoms with Crippen LogP contribution in [0.2, 0.25) is 0 Å². The standard InChI is InChI=1S/C42H29N5/c43-39-25-31(28-13-15-29(16-14-28)32-7-5-23-44-26-32)19-22-40(39)47-46-34-20-17-30(18-21-34)41-35-9-1-3-11-37(35)42(33-8-6-24-45-27-33)38-12-4-2-10-36(38)41/h1-27,43,46H/b43-39?,47-40-. The van der Waals surface area contributed by atoms with Crippen LogP contribution in [0.4, 0.5) is 5.69 Å². The topological polar surface area (TPSA) is 74.0 Å². The van der Waals surface area contributed by atoms with Gasteiger partial charge in [0.15, 0.2) is 0 Å². The SMILES string of the molecule is N=C1C=C(c2ccc(-c3cccnc3)cc2)C=C/C1=N/Nc1ccc(-c2c3ccccc3c(-c3cccnc3)c3ccccc23)cc1. The maximum absolute atomic E-state index is 8.64. The third-order valence-corrected chi connectivity index (χ3v) is 8.57. The van der Waals surface area contributed by atoms with E-state index >= 15 is 0 Å². The third kappa shape index (κ3) is 5.40. The number of anilines is 1. The molecule has 0 spiro atoms. The molecule has 222 valence electrons. The van der Waals surface area contributed by atoms with Crippen molar-refractivity contribution in [1.82, 2.24) is 9.97 Å². The summed E-state index contributed by atoms with van der Waals surface area (Å²) in [5, 5.41) is 18.0. The van der Waals surface area contributed by atoms with Crippen LogP contribution in [0.25, 0.3) is 60.5 Å². The Hall–Kier alpha value is -6.46. The number of hydrogen-bond donors (Lipinski definition) is 2. The van der Waals surface area contributed by atoms with Crippen LogP contribution in [-0.2, 0) is 0 Å². The predicted octanol–water partition coefficient (Wildman–Crippen LogP) is 10.2. The number of rotatable bonds is 6. The molecule has 2 N–H and O–H groups in total. The lowest BCUT2D eigenvalue weighted by Crippen LogP contribution is -2.13. The van der Waals surface area contributed by atoms with Crippen LogP contribution in [0.3, 0.4) is 0 Å². The van der Waals surface area contributed by atoms with Gasteiger partial charge in [0, 0.05) is 30.4 Å². The van der Waals surface area contributed by atoms with Crippen LogP contribution >= 0.6 is 0 Å². The summed E-state index contributed by atoms with van der Waals surface area (Å²) < 4.78 is 0. The van der Waals surface area contributed by atoms with Crippen molar-refractivity contribution in [3.63, 3.8) is 0 Å². The summed E-state index contributed by atoms with van der Waals surface area (Å²) >= 11 is 0. The molecule has 2 heterocycles. The molecule has 8 rings (SSSR count). The molecule has 1 aliphatic carbocycles. The van der Waals surface area contributed by atoms with Gasteiger partial charge >= 0.3 is 0 Å². The second kappa shape index (κ2) is 12.1. The fourth-order valence-electron chi connectivity index (χ4n) is 6.30. The largest absolute Gasteiger partial charge is 0.299 e. The Kier molecular flexibility index (Phi) is 7.25. The Balaban J connectivity index is 1.05. The second-order valence-electron chi connectivity index (χ2n) is 11.4. The molecule has 0 fully saturated rings. The highest BCUT2D eigenvalue weighted by atomic mass is 15.3. The maximum atomic E-state index is 8.64. The van der Waals surface area contributed by atoms with Gasteiger partial charge in [-0.3, -0.25) is 20.8 Å². The highest BCUT2D eigenvalue weighted by Crippen LogP contribution is 2.43. The normalized spacial score (nSPS) is 13.7. The van der Waals surface area contributed by atoms with Crippen molar-refractivity contribution in [3.8, 4) is 33.4 Å². The van der Waals surface area contributed by atoms with Gasteiger partial charge in [-0.1, -0.05) is 103 Å². The molecular weight excluding hydrogens is 574 g/mol. The lowest BCUT2D eigenvalue weighted by Gasteiger charge is -2.17. The van der Waals surface area contributed by atoms with E-state index in [1.807, 2.05) is 67.2 Å². The molecule has 5 nitrogen and oxygen atoms in total. The molecule has 1 aliphatic rings. The molecule has 0 aliphatic heterocycles. The van der Waals surface area contributed by atoms with E-state index < -0.39 is 0 Å². The van der Waals surface area contributed by atoms with Crippen LogP contribution in [0.15, 0.2) is 169 Å². The van der Waals surface area contributed by atoms with E-state index in [-0.39, 0.29) is 0 Å². The summed E-state index contributed by atoms with van der Waals surface area (Å²) in [5.41, 5.74) is 13.8. The van der Waals surface area contributed by atoms with E-state index in [9.17, 15) is 0 Å². The minimum absolute atomic E-state index is 0.356. The van der Waals surface area contributed by atoms with E-state index in [1.54, 1.807) is 6.20 Å². The maximum Gasteiger partial charge on any atom is 0.108 e. The summed E-state index contributed by atoms with van der Waals surface area (Å²) in [6.45, 7) is 0. The van der Waals surface area contributed by atoms with Gasteiger partial charge < -0.3 is 0 Å². The molecule has 47 heavy (non-hydrogen) atoms. The minimum Gasteiger partial charge on any atom is -0.299 e. The Morgan fingerprint density at radius 3 is 1.57 bits per heavy atom. The molecule has 0 saturated carbocycles. The molecule has 0 radical (unpaired) electrons. The Labute approximate surface area is 272 Å². The minimum atomic E-state index is 0.356. The van der Waals surface area contributed by atoms with Crippen LogP contribution in [0, 0.1) is 5.41 Å². The van der Waals surface area contributed by atoms with E-state index in [4.69, 9.17) is 5.41 Å². The Morgan fingerprint density at radius 2 is 1.02 bits per heavy atom. The lowest BCUT2D eigenvalue weighted by atomic mass is 9.86. The first kappa shape index (κ1) is 28.0. The zero-order chi connectivity index (χ0) is 31.6. The fraction of sp³-hybridized carbons (Fsp3) is 0. The number of hydrogen-bond acceptors (Lipinski definition) is 5. The van der Waals surface area contributed by atoms with Gasteiger partial charge in [-0.15, -0.1) is 0 Å². The van der Waals surface area contributed by atoms with Crippen molar-refractivity contribution in [2.75, 3.05) is 5.43 Å². The molecule has 0 unspecified atom stereocenters. The number of pyridine rings is 2. The molecule has 0 atom stereocenters. The zero-order valence-electron chi connectivity index (χ0n) is 25.4. The summed E-state index contributed by atoms with van der Waals surface area (Å²) in [6.07, 6.45) is 13.1. The smallest absolute Gasteiger partial charge is 0.108 e. The monoisotopic (exact) mass is 603 g/mol. The predicted molar refractivity (Wildman–Crippen MR) is 196 cm³/mol. The highest BCUT2D eigenvalue weighted by Gasteiger charge is 2.16. The first-order valence-corrected chi connectivity index (χ1v) is 15.5. The summed E-state index contributed by atoms with van der Waals surface area (Å²) in [5.74, 6) is 0. The number of aromatic nitrogens is 2. The van der Waals surface area contributed by atoms with Crippen LogP contribution in [-0.4, -0.2) is 21.4 Å². The van der Waals surface area contributed by atoms with E-state index in [2.05, 4.69) is 111 Å². The van der Waals surface area contributed by atoms with E-state index in [1.165, 1.54) is 32.7 Å². The molecule has 7 aromatic rings. The first-order valence-electron chi connectivity index (χ1n) is 15.5. The molecular formula is C42H29N5. The second-order valence-corrected chi connectivity index (χ2v) is 11.4. The number of nitrogens with one attached hydrogen (secondary N) is 2. The Bertz CT molecular complexity index is 2300. The van der Waals surface area contributed by atoms with Crippen molar-refractivity contribution in [1.29, 1.82) is 5.41 Å².